The summed E-state index contributed by atoms with van der Waals surface area (Å²) in [5, 5.41) is 12.3. The molecule has 14 nitrogen and oxygen atoms in total. The molecule has 0 radical (unpaired) electrons. The van der Waals surface area contributed by atoms with E-state index in [2.05, 4.69) is 269 Å². The van der Waals surface area contributed by atoms with E-state index in [1.807, 2.05) is 41.5 Å². The van der Waals surface area contributed by atoms with Crippen molar-refractivity contribution in [3.05, 3.63) is 182 Å². The van der Waals surface area contributed by atoms with Gasteiger partial charge in [-0.25, -0.2) is 14.4 Å². The van der Waals surface area contributed by atoms with Crippen molar-refractivity contribution >= 4 is 47.3 Å². The molecule has 107 heavy (non-hydrogen) atoms. The monoisotopic (exact) mass is 1480 g/mol. The van der Waals surface area contributed by atoms with Crippen LogP contribution in [0.25, 0.3) is 0 Å². The smallest absolute Gasteiger partial charge is 0.410 e. The maximum Gasteiger partial charge on any atom is 0.410 e. The Morgan fingerprint density at radius 1 is 0.523 bits per heavy atom. The lowest BCUT2D eigenvalue weighted by atomic mass is 9.77. The minimum Gasteiger partial charge on any atom is -0.493 e. The highest BCUT2D eigenvalue weighted by atomic mass is 32.2. The average Bonchev–Trinajstić information content (AvgIpc) is 0.768. The molecule has 4 N–H and O–H groups in total. The molecule has 0 saturated heterocycles. The molecule has 4 heterocycles. The van der Waals surface area contributed by atoms with E-state index < -0.39 is 11.2 Å². The Kier molecular flexibility index (Phi) is 28.3. The highest BCUT2D eigenvalue weighted by Crippen LogP contribution is 2.42. The predicted molar refractivity (Wildman–Crippen MR) is 444 cm³/mol. The van der Waals surface area contributed by atoms with Crippen LogP contribution in [0.5, 0.6) is 11.5 Å². The first kappa shape index (κ1) is 86.6. The number of thioether (sulfide) groups is 1. The molecule has 6 aliphatic rings. The van der Waals surface area contributed by atoms with E-state index in [0.717, 1.165) is 101 Å². The summed E-state index contributed by atoms with van der Waals surface area (Å²) in [5.41, 5.74) is 19.5. The van der Waals surface area contributed by atoms with Crippen LogP contribution in [0.15, 0.2) is 114 Å². The molecule has 0 bridgehead atoms. The van der Waals surface area contributed by atoms with Crippen molar-refractivity contribution in [3.63, 3.8) is 0 Å². The fraction of sp³-hybridized carbons (Fsp3) is 0.565. The zero-order chi connectivity index (χ0) is 79.6. The lowest BCUT2D eigenvalue weighted by Gasteiger charge is -2.34. The molecule has 2 atom stereocenters. The van der Waals surface area contributed by atoms with Crippen LogP contribution >= 0.6 is 11.8 Å². The van der Waals surface area contributed by atoms with Crippen LogP contribution in [0.2, 0.25) is 0 Å². The fourth-order valence-electron chi connectivity index (χ4n) is 13.7. The minimum absolute atomic E-state index is 0.0564. The van der Waals surface area contributed by atoms with Crippen LogP contribution in [-0.2, 0) is 82.7 Å². The molecule has 6 aromatic rings. The van der Waals surface area contributed by atoms with E-state index in [0.29, 0.717) is 12.3 Å². The van der Waals surface area contributed by atoms with Crippen molar-refractivity contribution in [1.82, 2.24) is 15.5 Å². The maximum absolute atomic E-state index is 12.2. The summed E-state index contributed by atoms with van der Waals surface area (Å²) >= 11 is 1.60. The molecule has 15 heteroatoms. The molecule has 12 rings (SSSR count). The third-order valence-electron chi connectivity index (χ3n) is 20.1. The Balaban J connectivity index is 0.000000180. The summed E-state index contributed by atoms with van der Waals surface area (Å²) < 4.78 is 26.9. The summed E-state index contributed by atoms with van der Waals surface area (Å²) in [7, 11) is 1.41. The SMILES string of the molecule is CC(C)(C)OC(=O)N1CCc2c(cccc2C(C)(C)C)C1.CC(C)(C)OC(=O)NC1CCCc2ccc(C(C)(C)C)cc21.CC(C)(C)c1ccc2c(c1)NC(=O)CS2.CC(C)(C)c1ccc2c(c1)NCCO2.CC(C)(C)c1ccc2c(c1)OCCC2(C)C.COC(=O)NC1CCCc2ccc(C(C)(C)C)cc21. The van der Waals surface area contributed by atoms with Gasteiger partial charge in [0.1, 0.15) is 29.3 Å². The van der Waals surface area contributed by atoms with Gasteiger partial charge in [0.05, 0.1) is 42.9 Å². The van der Waals surface area contributed by atoms with Gasteiger partial charge >= 0.3 is 18.3 Å². The van der Waals surface area contributed by atoms with Crippen LogP contribution in [0.3, 0.4) is 0 Å². The van der Waals surface area contributed by atoms with Crippen LogP contribution in [0.4, 0.5) is 25.8 Å². The molecule has 0 aromatic heterocycles. The van der Waals surface area contributed by atoms with Gasteiger partial charge in [-0.15, -0.1) is 11.8 Å². The van der Waals surface area contributed by atoms with Crippen LogP contribution in [0.1, 0.15) is 297 Å². The van der Waals surface area contributed by atoms with Crippen molar-refractivity contribution in [2.45, 2.75) is 304 Å². The Bertz CT molecular complexity index is 4040. The van der Waals surface area contributed by atoms with Crippen LogP contribution in [-0.4, -0.2) is 79.5 Å². The first-order valence-corrected chi connectivity index (χ1v) is 39.9. The molecule has 2 aliphatic carbocycles. The van der Waals surface area contributed by atoms with Crippen molar-refractivity contribution in [2.24, 2.45) is 0 Å². The number of fused-ring (bicyclic) bond motifs is 6. The molecular formula is C92H133N5O9S. The number of anilines is 2. The van der Waals surface area contributed by atoms with Gasteiger partial charge < -0.3 is 49.9 Å². The van der Waals surface area contributed by atoms with E-state index in [1.54, 1.807) is 16.7 Å². The number of amides is 4. The van der Waals surface area contributed by atoms with Gasteiger partial charge in [-0.05, 0) is 233 Å². The molecule has 2 unspecified atom stereocenters. The lowest BCUT2D eigenvalue weighted by molar-refractivity contribution is -0.113. The number of methoxy groups -OCH3 is 1. The fourth-order valence-corrected chi connectivity index (χ4v) is 14.4. The highest BCUT2D eigenvalue weighted by Gasteiger charge is 2.33. The van der Waals surface area contributed by atoms with Crippen molar-refractivity contribution in [1.29, 1.82) is 0 Å². The number of nitrogens with one attached hydrogen (secondary N) is 4. The van der Waals surface area contributed by atoms with Gasteiger partial charge in [-0.3, -0.25) is 4.79 Å². The second kappa shape index (κ2) is 34.9. The molecule has 0 saturated carbocycles. The largest absolute Gasteiger partial charge is 0.493 e. The molecule has 586 valence electrons. The number of carbonyl (C=O) groups is 4. The normalized spacial score (nSPS) is 17.2. The molecule has 0 spiro atoms. The molecular weight excluding hydrogens is 1350 g/mol. The van der Waals surface area contributed by atoms with E-state index >= 15 is 0 Å². The van der Waals surface area contributed by atoms with E-state index in [-0.39, 0.29) is 74.2 Å². The summed E-state index contributed by atoms with van der Waals surface area (Å²) in [6.45, 7) is 59.7. The standard InChI is InChI=1S/C19H29NO2.C18H27NO2.C16H23NO2.C15H22O.C12H15NOS.C12H17NO/c1-18(2,3)14-11-10-13-8-7-9-16(15(13)12-14)20-17(21)22-19(4,5)6;1-17(2,3)15-9-7-8-13-12-19(11-10-14(13)15)16(20)21-18(4,5)6;1-16(2,3)12-9-8-11-6-5-7-14(13(11)10-12)17-15(18)19-4;1-14(2,3)11-6-7-12-13(10-11)16-9-8-15(12,4)5;1-12(2,3)8-4-5-10-9(6-8)13-11(14)7-15-10;1-12(2,3)9-4-5-11-10(8-9)13-6-7-14-11/h10-12,16H,7-9H2,1-6H3,(H,20,21);7-9H,10-12H2,1-6H3;8-10,14H,5-7H2,1-4H3,(H,17,18);6-7,10H,8-9H2,1-5H3;4-6H,7H2,1-3H3,(H,13,14);4-5,8,13H,6-7H2,1-3H3. The molecule has 0 fully saturated rings. The molecule has 6 aromatic carbocycles. The summed E-state index contributed by atoms with van der Waals surface area (Å²) in [5.74, 6) is 2.69. The molecule has 4 aliphatic heterocycles. The number of ether oxygens (including phenoxy) is 5. The first-order valence-electron chi connectivity index (χ1n) is 39.0. The number of rotatable bonds is 2. The summed E-state index contributed by atoms with van der Waals surface area (Å²) in [6.07, 6.45) is 7.47. The second-order valence-corrected chi connectivity index (χ2v) is 39.3. The van der Waals surface area contributed by atoms with Crippen molar-refractivity contribution in [2.75, 3.05) is 49.8 Å². The van der Waals surface area contributed by atoms with Gasteiger partial charge in [0.2, 0.25) is 5.91 Å². The third kappa shape index (κ3) is 25.5. The van der Waals surface area contributed by atoms with Crippen LogP contribution < -0.4 is 30.7 Å². The van der Waals surface area contributed by atoms with E-state index in [9.17, 15) is 19.2 Å². The van der Waals surface area contributed by atoms with Gasteiger partial charge in [0, 0.05) is 24.5 Å². The number of aryl methyl sites for hydroxylation is 2. The number of hydrogen-bond acceptors (Lipinski definition) is 11. The maximum atomic E-state index is 12.2. The minimum atomic E-state index is -0.463. The topological polar surface area (TPSA) is 166 Å². The Morgan fingerprint density at radius 3 is 1.53 bits per heavy atom. The number of carbonyl (C=O) groups excluding carboxylic acids is 4. The number of alkyl carbamates (subject to hydrolysis) is 2. The molecule has 4 amide bonds. The van der Waals surface area contributed by atoms with Gasteiger partial charge in [0.25, 0.3) is 0 Å². The van der Waals surface area contributed by atoms with Crippen LogP contribution in [0, 0.1) is 0 Å². The second-order valence-electron chi connectivity index (χ2n) is 38.3. The summed E-state index contributed by atoms with van der Waals surface area (Å²) in [4.78, 5) is 50.0. The van der Waals surface area contributed by atoms with Gasteiger partial charge in [0.15, 0.2) is 0 Å². The van der Waals surface area contributed by atoms with Gasteiger partial charge in [-0.1, -0.05) is 217 Å². The lowest BCUT2D eigenvalue weighted by Crippen LogP contribution is -2.40. The highest BCUT2D eigenvalue weighted by molar-refractivity contribution is 8.00. The number of nitrogens with zero attached hydrogens (tertiary/aromatic N) is 1. The summed E-state index contributed by atoms with van der Waals surface area (Å²) in [6, 6.07) is 39.4. The Morgan fingerprint density at radius 2 is 1.01 bits per heavy atom. The predicted octanol–water partition coefficient (Wildman–Crippen LogP) is 22.7. The average molecular weight is 1490 g/mol. The van der Waals surface area contributed by atoms with Gasteiger partial charge in [-0.2, -0.15) is 0 Å². The Labute approximate surface area is 648 Å². The number of benzene rings is 6. The Hall–Kier alpha value is -7.65. The quantitative estimate of drug-likeness (QED) is 0.122. The van der Waals surface area contributed by atoms with E-state index in [1.165, 1.54) is 84.3 Å². The first-order chi connectivity index (χ1) is 49.4. The van der Waals surface area contributed by atoms with E-state index in [4.69, 9.17) is 23.7 Å². The zero-order valence-corrected chi connectivity index (χ0v) is 71.3. The number of hydrogen-bond donors (Lipinski definition) is 4. The van der Waals surface area contributed by atoms with Crippen molar-refractivity contribution in [3.8, 4) is 11.5 Å². The third-order valence-corrected chi connectivity index (χ3v) is 21.2. The van der Waals surface area contributed by atoms with Crippen molar-refractivity contribution < 1.29 is 42.9 Å². The zero-order valence-electron chi connectivity index (χ0n) is 70.5.